The molecule has 0 radical (unpaired) electrons. The van der Waals surface area contributed by atoms with Gasteiger partial charge in [0, 0.05) is 19.3 Å². The van der Waals surface area contributed by atoms with Gasteiger partial charge in [-0.05, 0) is 89.9 Å². The maximum Gasteiger partial charge on any atom is 0.306 e. The quantitative estimate of drug-likeness (QED) is 0.0261. The van der Waals surface area contributed by atoms with Crippen LogP contribution in [0.2, 0.25) is 0 Å². The van der Waals surface area contributed by atoms with Gasteiger partial charge in [-0.15, -0.1) is 0 Å². The van der Waals surface area contributed by atoms with Crippen LogP contribution in [0, 0.1) is 0 Å². The summed E-state index contributed by atoms with van der Waals surface area (Å²) in [6.45, 7) is 6.44. The fourth-order valence-electron chi connectivity index (χ4n) is 9.86. The second kappa shape index (κ2) is 67.1. The summed E-state index contributed by atoms with van der Waals surface area (Å²) < 4.78 is 16.9. The van der Waals surface area contributed by atoms with Crippen molar-refractivity contribution < 1.29 is 28.6 Å². The fourth-order valence-corrected chi connectivity index (χ4v) is 9.86. The van der Waals surface area contributed by atoms with Crippen LogP contribution in [0.1, 0.15) is 342 Å². The van der Waals surface area contributed by atoms with Gasteiger partial charge in [-0.2, -0.15) is 0 Å². The molecule has 1 atom stereocenters. The molecule has 0 bridgehead atoms. The molecule has 0 fully saturated rings. The Bertz CT molecular complexity index is 1500. The SMILES string of the molecule is CC/C=C\C/C=C\C/C=C\C/C=C\CCCCCCCCCCCCCCCCCCC(=O)OCC(COC(=O)CCCCC/C=C\C/C=C\C/C=C\CC)OC(=O)CCCCCCCCCCCCCCCCCCCCC. The summed E-state index contributed by atoms with van der Waals surface area (Å²) in [6.07, 6.45) is 89.0. The van der Waals surface area contributed by atoms with Gasteiger partial charge in [0.05, 0.1) is 0 Å². The minimum absolute atomic E-state index is 0.0816. The highest BCUT2D eigenvalue weighted by Crippen LogP contribution is 2.18. The Kier molecular flexibility index (Phi) is 64.2. The van der Waals surface area contributed by atoms with Gasteiger partial charge in [0.1, 0.15) is 13.2 Å². The van der Waals surface area contributed by atoms with Crippen molar-refractivity contribution in [2.45, 2.75) is 348 Å². The van der Waals surface area contributed by atoms with E-state index in [0.717, 1.165) is 109 Å². The standard InChI is InChI=1S/C73H128O6/c1-4-7-10-13-16-19-22-25-27-29-31-32-33-34-35-36-37-38-39-40-42-43-45-48-51-54-57-60-63-66-72(75)78-69-70(68-77-71(74)65-62-59-56-53-50-47-24-21-18-15-12-9-6-3)79-73(76)67-64-61-58-55-52-49-46-44-41-30-28-26-23-20-17-14-11-8-5-2/h7,9-10,12,16,18-19,21,25,27,31-32,47,50,70H,4-6,8,11,13-15,17,20,22-24,26,28-30,33-46,48-49,51-69H2,1-3H3/b10-7-,12-9-,19-16-,21-18-,27-25-,32-31-,50-47-. The molecule has 0 aromatic heterocycles. The second-order valence-corrected chi connectivity index (χ2v) is 22.7. The van der Waals surface area contributed by atoms with Crippen LogP contribution in [0.15, 0.2) is 85.1 Å². The predicted octanol–water partition coefficient (Wildman–Crippen LogP) is 23.4. The van der Waals surface area contributed by atoms with Crippen molar-refractivity contribution >= 4 is 17.9 Å². The Morgan fingerprint density at radius 3 is 0.785 bits per heavy atom. The van der Waals surface area contributed by atoms with Gasteiger partial charge in [0.25, 0.3) is 0 Å². The number of carbonyl (C=O) groups excluding carboxylic acids is 3. The molecule has 0 aromatic rings. The molecule has 0 aliphatic rings. The Hall–Kier alpha value is -3.41. The molecule has 79 heavy (non-hydrogen) atoms. The third kappa shape index (κ3) is 65.3. The Morgan fingerprint density at radius 1 is 0.266 bits per heavy atom. The van der Waals surface area contributed by atoms with Crippen molar-refractivity contribution in [3.63, 3.8) is 0 Å². The van der Waals surface area contributed by atoms with E-state index in [1.165, 1.54) is 193 Å². The summed E-state index contributed by atoms with van der Waals surface area (Å²) in [6, 6.07) is 0. The first-order valence-corrected chi connectivity index (χ1v) is 34.1. The highest BCUT2D eigenvalue weighted by atomic mass is 16.6. The van der Waals surface area contributed by atoms with Crippen molar-refractivity contribution in [2.24, 2.45) is 0 Å². The van der Waals surface area contributed by atoms with Crippen molar-refractivity contribution in [1.82, 2.24) is 0 Å². The van der Waals surface area contributed by atoms with Gasteiger partial charge in [-0.25, -0.2) is 0 Å². The van der Waals surface area contributed by atoms with Gasteiger partial charge in [-0.3, -0.25) is 14.4 Å². The molecule has 0 aromatic carbocycles. The van der Waals surface area contributed by atoms with Gasteiger partial charge in [0.2, 0.25) is 0 Å². The van der Waals surface area contributed by atoms with Crippen LogP contribution in [0.25, 0.3) is 0 Å². The molecule has 0 rings (SSSR count). The number of carbonyl (C=O) groups is 3. The molecular formula is C73H128O6. The summed E-state index contributed by atoms with van der Waals surface area (Å²) in [5, 5.41) is 0. The van der Waals surface area contributed by atoms with E-state index in [-0.39, 0.29) is 31.1 Å². The Morgan fingerprint density at radius 2 is 0.494 bits per heavy atom. The topological polar surface area (TPSA) is 78.9 Å². The highest BCUT2D eigenvalue weighted by molar-refractivity contribution is 5.71. The van der Waals surface area contributed by atoms with E-state index < -0.39 is 6.10 Å². The first-order valence-electron chi connectivity index (χ1n) is 34.1. The maximum atomic E-state index is 12.9. The summed E-state index contributed by atoms with van der Waals surface area (Å²) in [5.74, 6) is -0.893. The van der Waals surface area contributed by atoms with Crippen molar-refractivity contribution in [3.05, 3.63) is 85.1 Å². The molecule has 0 spiro atoms. The minimum Gasteiger partial charge on any atom is -0.462 e. The molecule has 6 heteroatoms. The molecular weight excluding hydrogens is 973 g/mol. The van der Waals surface area contributed by atoms with E-state index in [4.69, 9.17) is 14.2 Å². The molecule has 0 amide bonds. The summed E-state index contributed by atoms with van der Waals surface area (Å²) in [4.78, 5) is 38.3. The van der Waals surface area contributed by atoms with Crippen molar-refractivity contribution in [1.29, 1.82) is 0 Å². The van der Waals surface area contributed by atoms with Crippen molar-refractivity contribution in [3.8, 4) is 0 Å². The second-order valence-electron chi connectivity index (χ2n) is 22.7. The van der Waals surface area contributed by atoms with E-state index in [1.807, 2.05) is 0 Å². The zero-order valence-electron chi connectivity index (χ0n) is 52.4. The van der Waals surface area contributed by atoms with E-state index in [9.17, 15) is 14.4 Å². The molecule has 0 heterocycles. The molecule has 0 aliphatic carbocycles. The molecule has 0 aliphatic heterocycles. The molecule has 456 valence electrons. The van der Waals surface area contributed by atoms with E-state index in [0.29, 0.717) is 19.3 Å². The van der Waals surface area contributed by atoms with Gasteiger partial charge < -0.3 is 14.2 Å². The highest BCUT2D eigenvalue weighted by Gasteiger charge is 2.19. The number of ether oxygens (including phenoxy) is 3. The zero-order chi connectivity index (χ0) is 57.1. The van der Waals surface area contributed by atoms with Gasteiger partial charge in [-0.1, -0.05) is 318 Å². The molecule has 1 unspecified atom stereocenters. The number of allylic oxidation sites excluding steroid dienone is 14. The lowest BCUT2D eigenvalue weighted by molar-refractivity contribution is -0.167. The first kappa shape index (κ1) is 75.6. The zero-order valence-corrected chi connectivity index (χ0v) is 52.4. The lowest BCUT2D eigenvalue weighted by Crippen LogP contribution is -2.30. The van der Waals surface area contributed by atoms with Crippen LogP contribution >= 0.6 is 0 Å². The first-order chi connectivity index (χ1) is 39.0. The Labute approximate surface area is 490 Å². The number of rotatable bonds is 62. The van der Waals surface area contributed by atoms with Crippen LogP contribution < -0.4 is 0 Å². The summed E-state index contributed by atoms with van der Waals surface area (Å²) >= 11 is 0. The van der Waals surface area contributed by atoms with E-state index in [2.05, 4.69) is 106 Å². The molecule has 6 nitrogen and oxygen atoms in total. The maximum absolute atomic E-state index is 12.9. The summed E-state index contributed by atoms with van der Waals surface area (Å²) in [7, 11) is 0. The number of hydrogen-bond donors (Lipinski definition) is 0. The lowest BCUT2D eigenvalue weighted by Gasteiger charge is -2.18. The number of hydrogen-bond acceptors (Lipinski definition) is 6. The number of esters is 3. The molecule has 0 saturated heterocycles. The predicted molar refractivity (Wildman–Crippen MR) is 344 cm³/mol. The van der Waals surface area contributed by atoms with Crippen LogP contribution in [-0.4, -0.2) is 37.2 Å². The third-order valence-electron chi connectivity index (χ3n) is 14.9. The van der Waals surface area contributed by atoms with Crippen LogP contribution in [0.4, 0.5) is 0 Å². The third-order valence-corrected chi connectivity index (χ3v) is 14.9. The smallest absolute Gasteiger partial charge is 0.306 e. The normalized spacial score (nSPS) is 12.6. The number of unbranched alkanes of at least 4 members (excludes halogenated alkanes) is 37. The monoisotopic (exact) mass is 1100 g/mol. The van der Waals surface area contributed by atoms with E-state index in [1.54, 1.807) is 0 Å². The van der Waals surface area contributed by atoms with Crippen LogP contribution in [0.5, 0.6) is 0 Å². The molecule has 0 N–H and O–H groups in total. The van der Waals surface area contributed by atoms with Crippen molar-refractivity contribution in [2.75, 3.05) is 13.2 Å². The average Bonchev–Trinajstić information content (AvgIpc) is 3.45. The fraction of sp³-hybridized carbons (Fsp3) is 0.767. The van der Waals surface area contributed by atoms with Gasteiger partial charge in [0.15, 0.2) is 6.10 Å². The van der Waals surface area contributed by atoms with Gasteiger partial charge >= 0.3 is 17.9 Å². The molecule has 0 saturated carbocycles. The average molecular weight is 1100 g/mol. The van der Waals surface area contributed by atoms with Crippen LogP contribution in [0.3, 0.4) is 0 Å². The largest absolute Gasteiger partial charge is 0.462 e. The summed E-state index contributed by atoms with van der Waals surface area (Å²) in [5.41, 5.74) is 0. The Balaban J connectivity index is 4.23. The van der Waals surface area contributed by atoms with Crippen LogP contribution in [-0.2, 0) is 28.6 Å². The minimum atomic E-state index is -0.787. The lowest BCUT2D eigenvalue weighted by atomic mass is 10.0. The van der Waals surface area contributed by atoms with E-state index >= 15 is 0 Å².